The van der Waals surface area contributed by atoms with Gasteiger partial charge in [0.2, 0.25) is 0 Å². The molecule has 0 fully saturated rings. The molecule has 0 aliphatic heterocycles. The summed E-state index contributed by atoms with van der Waals surface area (Å²) in [7, 11) is 0. The van der Waals surface area contributed by atoms with Gasteiger partial charge in [0.1, 0.15) is 5.82 Å². The SMILES string of the molecule is Cc1nc(-n2c(=O)[nH][nH]c2=O)ccc1Br. The third kappa shape index (κ3) is 1.65. The predicted octanol–water partition coefficient (Wildman–Crippen LogP) is 0.320. The van der Waals surface area contributed by atoms with Crippen molar-refractivity contribution < 1.29 is 0 Å². The fraction of sp³-hybridized carbons (Fsp3) is 0.125. The van der Waals surface area contributed by atoms with E-state index in [2.05, 4.69) is 31.1 Å². The van der Waals surface area contributed by atoms with Gasteiger partial charge in [-0.3, -0.25) is 0 Å². The molecular formula is C8H7BrN4O2. The minimum absolute atomic E-state index is 0.295. The zero-order valence-electron chi connectivity index (χ0n) is 7.74. The van der Waals surface area contributed by atoms with Crippen molar-refractivity contribution in [1.29, 1.82) is 0 Å². The molecule has 0 aliphatic rings. The van der Waals surface area contributed by atoms with Crippen LogP contribution in [0.25, 0.3) is 5.82 Å². The van der Waals surface area contributed by atoms with Gasteiger partial charge < -0.3 is 0 Å². The zero-order valence-corrected chi connectivity index (χ0v) is 9.33. The van der Waals surface area contributed by atoms with E-state index in [1.165, 1.54) is 0 Å². The monoisotopic (exact) mass is 270 g/mol. The van der Waals surface area contributed by atoms with E-state index in [9.17, 15) is 9.59 Å². The van der Waals surface area contributed by atoms with Crippen LogP contribution in [0.4, 0.5) is 0 Å². The van der Waals surface area contributed by atoms with Gasteiger partial charge in [0.25, 0.3) is 0 Å². The lowest BCUT2D eigenvalue weighted by Gasteiger charge is -2.01. The lowest BCUT2D eigenvalue weighted by atomic mass is 10.4. The Balaban J connectivity index is 2.70. The van der Waals surface area contributed by atoms with E-state index >= 15 is 0 Å². The Morgan fingerprint density at radius 2 is 1.87 bits per heavy atom. The lowest BCUT2D eigenvalue weighted by molar-refractivity contribution is 0.897. The molecule has 2 rings (SSSR count). The first-order valence-electron chi connectivity index (χ1n) is 4.13. The van der Waals surface area contributed by atoms with Gasteiger partial charge in [-0.25, -0.2) is 24.8 Å². The van der Waals surface area contributed by atoms with Gasteiger partial charge in [-0.05, 0) is 35.0 Å². The minimum Gasteiger partial charge on any atom is -0.247 e. The van der Waals surface area contributed by atoms with Crippen molar-refractivity contribution in [2.24, 2.45) is 0 Å². The summed E-state index contributed by atoms with van der Waals surface area (Å²) in [5.41, 5.74) is -0.358. The van der Waals surface area contributed by atoms with E-state index in [1.54, 1.807) is 19.1 Å². The molecule has 0 atom stereocenters. The molecule has 7 heteroatoms. The van der Waals surface area contributed by atoms with Crippen molar-refractivity contribution in [3.63, 3.8) is 0 Å². The lowest BCUT2D eigenvalue weighted by Crippen LogP contribution is -2.25. The van der Waals surface area contributed by atoms with Gasteiger partial charge in [-0.1, -0.05) is 0 Å². The van der Waals surface area contributed by atoms with Crippen molar-refractivity contribution in [2.75, 3.05) is 0 Å². The number of aromatic amines is 2. The second-order valence-corrected chi connectivity index (χ2v) is 3.79. The number of nitrogens with zero attached hydrogens (tertiary/aromatic N) is 2. The molecule has 2 aromatic rings. The van der Waals surface area contributed by atoms with E-state index in [0.717, 1.165) is 9.04 Å². The molecule has 0 saturated carbocycles. The maximum absolute atomic E-state index is 11.3. The number of pyridine rings is 1. The Labute approximate surface area is 92.1 Å². The molecule has 0 aromatic carbocycles. The summed E-state index contributed by atoms with van der Waals surface area (Å²) >= 11 is 3.29. The van der Waals surface area contributed by atoms with Gasteiger partial charge in [-0.2, -0.15) is 4.57 Å². The minimum atomic E-state index is -0.533. The average molecular weight is 271 g/mol. The summed E-state index contributed by atoms with van der Waals surface area (Å²) in [6, 6.07) is 3.32. The van der Waals surface area contributed by atoms with Crippen LogP contribution >= 0.6 is 15.9 Å². The van der Waals surface area contributed by atoms with Gasteiger partial charge in [0.05, 0.1) is 5.69 Å². The Kier molecular flexibility index (Phi) is 2.31. The highest BCUT2D eigenvalue weighted by molar-refractivity contribution is 9.10. The molecule has 0 unspecified atom stereocenters. The van der Waals surface area contributed by atoms with E-state index in [1.807, 2.05) is 0 Å². The molecule has 2 heterocycles. The normalized spacial score (nSPS) is 10.5. The Hall–Kier alpha value is -1.63. The number of hydrogen-bond acceptors (Lipinski definition) is 3. The second kappa shape index (κ2) is 3.50. The standard InChI is InChI=1S/C8H7BrN4O2/c1-4-5(9)2-3-6(10-4)13-7(14)11-12-8(13)15/h2-3H,1H3,(H,11,14)(H,12,15). The van der Waals surface area contributed by atoms with Gasteiger partial charge >= 0.3 is 11.4 Å². The number of aromatic nitrogens is 4. The molecular weight excluding hydrogens is 264 g/mol. The second-order valence-electron chi connectivity index (χ2n) is 2.93. The molecule has 2 aromatic heterocycles. The van der Waals surface area contributed by atoms with Crippen molar-refractivity contribution in [1.82, 2.24) is 19.7 Å². The number of rotatable bonds is 1. The van der Waals surface area contributed by atoms with Crippen LogP contribution in [0.15, 0.2) is 26.2 Å². The van der Waals surface area contributed by atoms with E-state index in [-0.39, 0.29) is 0 Å². The molecule has 78 valence electrons. The van der Waals surface area contributed by atoms with Crippen molar-refractivity contribution in [3.05, 3.63) is 43.3 Å². The Morgan fingerprint density at radius 3 is 2.40 bits per heavy atom. The van der Waals surface area contributed by atoms with Crippen LogP contribution in [0.2, 0.25) is 0 Å². The topological polar surface area (TPSA) is 83.5 Å². The van der Waals surface area contributed by atoms with Gasteiger partial charge in [0.15, 0.2) is 0 Å². The van der Waals surface area contributed by atoms with Crippen LogP contribution in [0, 0.1) is 6.92 Å². The molecule has 0 bridgehead atoms. The summed E-state index contributed by atoms with van der Waals surface area (Å²) in [6.45, 7) is 1.78. The molecule has 0 radical (unpaired) electrons. The van der Waals surface area contributed by atoms with Crippen LogP contribution in [0.3, 0.4) is 0 Å². The van der Waals surface area contributed by atoms with Crippen LogP contribution in [-0.2, 0) is 0 Å². The molecule has 2 N–H and O–H groups in total. The van der Waals surface area contributed by atoms with Crippen LogP contribution in [-0.4, -0.2) is 19.7 Å². The number of H-pyrrole nitrogens is 2. The maximum atomic E-state index is 11.3. The Morgan fingerprint density at radius 1 is 1.27 bits per heavy atom. The maximum Gasteiger partial charge on any atom is 0.350 e. The van der Waals surface area contributed by atoms with E-state index < -0.39 is 11.4 Å². The number of hydrogen-bond donors (Lipinski definition) is 2. The van der Waals surface area contributed by atoms with Crippen LogP contribution < -0.4 is 11.4 Å². The third-order valence-electron chi connectivity index (χ3n) is 1.92. The van der Waals surface area contributed by atoms with Crippen molar-refractivity contribution in [3.8, 4) is 5.82 Å². The fourth-order valence-corrected chi connectivity index (χ4v) is 1.40. The quantitative estimate of drug-likeness (QED) is 0.783. The largest absolute Gasteiger partial charge is 0.350 e. The summed E-state index contributed by atoms with van der Waals surface area (Å²) in [5.74, 6) is 0.295. The summed E-state index contributed by atoms with van der Waals surface area (Å²) in [4.78, 5) is 26.6. The molecule has 0 amide bonds. The molecule has 15 heavy (non-hydrogen) atoms. The number of nitrogens with one attached hydrogen (secondary N) is 2. The number of halogens is 1. The van der Waals surface area contributed by atoms with E-state index in [4.69, 9.17) is 0 Å². The highest BCUT2D eigenvalue weighted by atomic mass is 79.9. The van der Waals surface area contributed by atoms with Crippen LogP contribution in [0.5, 0.6) is 0 Å². The molecule has 0 saturated heterocycles. The first kappa shape index (κ1) is 9.91. The van der Waals surface area contributed by atoms with Gasteiger partial charge in [0, 0.05) is 4.47 Å². The smallest absolute Gasteiger partial charge is 0.247 e. The van der Waals surface area contributed by atoms with Crippen LogP contribution in [0.1, 0.15) is 5.69 Å². The highest BCUT2D eigenvalue weighted by Gasteiger charge is 2.07. The summed E-state index contributed by atoms with van der Waals surface area (Å²) < 4.78 is 1.76. The first-order valence-corrected chi connectivity index (χ1v) is 4.92. The van der Waals surface area contributed by atoms with Gasteiger partial charge in [-0.15, -0.1) is 0 Å². The summed E-state index contributed by atoms with van der Waals surface area (Å²) in [5, 5.41) is 4.38. The molecule has 6 nitrogen and oxygen atoms in total. The molecule has 0 spiro atoms. The zero-order chi connectivity index (χ0) is 11.0. The van der Waals surface area contributed by atoms with Crippen molar-refractivity contribution >= 4 is 15.9 Å². The first-order chi connectivity index (χ1) is 7.09. The number of aryl methyl sites for hydroxylation is 1. The average Bonchev–Trinajstić information content (AvgIpc) is 2.52. The third-order valence-corrected chi connectivity index (χ3v) is 2.76. The van der Waals surface area contributed by atoms with E-state index in [0.29, 0.717) is 11.5 Å². The Bertz CT molecular complexity index is 582. The molecule has 0 aliphatic carbocycles. The fourth-order valence-electron chi connectivity index (χ4n) is 1.17. The predicted molar refractivity (Wildman–Crippen MR) is 57.2 cm³/mol. The summed E-state index contributed by atoms with van der Waals surface area (Å²) in [6.07, 6.45) is 0. The van der Waals surface area contributed by atoms with Crippen molar-refractivity contribution in [2.45, 2.75) is 6.92 Å². The highest BCUT2D eigenvalue weighted by Crippen LogP contribution is 2.14.